The van der Waals surface area contributed by atoms with E-state index >= 15 is 0 Å². The minimum Gasteiger partial charge on any atom is -0.462 e. The van der Waals surface area contributed by atoms with Gasteiger partial charge in [-0.1, -0.05) is 6.92 Å². The van der Waals surface area contributed by atoms with E-state index in [9.17, 15) is 9.59 Å². The number of aromatic nitrogens is 2. The van der Waals surface area contributed by atoms with E-state index in [4.69, 9.17) is 17.0 Å². The zero-order valence-electron chi connectivity index (χ0n) is 16.5. The first-order valence-electron chi connectivity index (χ1n) is 9.50. The first kappa shape index (κ1) is 21.9. The molecule has 7 nitrogen and oxygen atoms in total. The third-order valence-corrected chi connectivity index (χ3v) is 6.66. The maximum Gasteiger partial charge on any atom is 0.341 e. The predicted octanol–water partition coefficient (Wildman–Crippen LogP) is 4.16. The lowest BCUT2D eigenvalue weighted by molar-refractivity contribution is 0.0526. The van der Waals surface area contributed by atoms with Crippen molar-refractivity contribution in [1.82, 2.24) is 15.1 Å². The van der Waals surface area contributed by atoms with Crippen LogP contribution in [0, 0.1) is 5.92 Å². The summed E-state index contributed by atoms with van der Waals surface area (Å²) in [7, 11) is 0. The summed E-state index contributed by atoms with van der Waals surface area (Å²) in [6, 6.07) is 0. The van der Waals surface area contributed by atoms with Crippen molar-refractivity contribution in [3.8, 4) is 0 Å². The summed E-state index contributed by atoms with van der Waals surface area (Å²) < 4.78 is 7.51. The summed E-state index contributed by atoms with van der Waals surface area (Å²) in [4.78, 5) is 26.3. The molecule has 1 amide bonds. The molecule has 3 rings (SSSR count). The molecule has 10 heteroatoms. The van der Waals surface area contributed by atoms with Crippen LogP contribution in [0.4, 0.5) is 5.00 Å². The van der Waals surface area contributed by atoms with Gasteiger partial charge in [-0.15, -0.1) is 11.3 Å². The monoisotopic (exact) mass is 498 g/mol. The number of thiocarbonyl (C=S) groups is 1. The number of aryl methyl sites for hydroxylation is 1. The lowest BCUT2D eigenvalue weighted by Gasteiger charge is -2.18. The number of rotatable bonds is 5. The number of nitrogens with zero attached hydrogens (tertiary/aromatic N) is 2. The minimum absolute atomic E-state index is 0.116. The molecule has 2 N–H and O–H groups in total. The van der Waals surface area contributed by atoms with Crippen molar-refractivity contribution in [3.63, 3.8) is 0 Å². The number of carbonyl (C=O) groups excluding carboxylic acids is 2. The molecule has 0 aliphatic heterocycles. The van der Waals surface area contributed by atoms with Gasteiger partial charge in [-0.3, -0.25) is 14.8 Å². The van der Waals surface area contributed by atoms with Gasteiger partial charge in [-0.2, -0.15) is 5.10 Å². The van der Waals surface area contributed by atoms with Crippen LogP contribution in [0.15, 0.2) is 10.7 Å². The van der Waals surface area contributed by atoms with Crippen LogP contribution in [0.2, 0.25) is 0 Å². The van der Waals surface area contributed by atoms with E-state index in [2.05, 4.69) is 38.6 Å². The normalized spacial score (nSPS) is 15.5. The van der Waals surface area contributed by atoms with Crippen LogP contribution in [-0.4, -0.2) is 33.4 Å². The lowest BCUT2D eigenvalue weighted by Crippen LogP contribution is -2.34. The Morgan fingerprint density at radius 1 is 1.45 bits per heavy atom. The Morgan fingerprint density at radius 3 is 2.86 bits per heavy atom. The minimum atomic E-state index is -0.422. The van der Waals surface area contributed by atoms with E-state index in [0.717, 1.165) is 24.8 Å². The second-order valence-electron chi connectivity index (χ2n) is 6.87. The van der Waals surface area contributed by atoms with Gasteiger partial charge in [-0.25, -0.2) is 4.79 Å². The number of amides is 1. The van der Waals surface area contributed by atoms with Crippen molar-refractivity contribution >= 4 is 61.5 Å². The van der Waals surface area contributed by atoms with Crippen molar-refractivity contribution in [2.24, 2.45) is 5.92 Å². The molecular formula is C19H23BrN4O3S2. The highest BCUT2D eigenvalue weighted by molar-refractivity contribution is 9.10. The quantitative estimate of drug-likeness (QED) is 0.475. The summed E-state index contributed by atoms with van der Waals surface area (Å²) in [5.41, 5.74) is 1.82. The van der Waals surface area contributed by atoms with Gasteiger partial charge in [0.1, 0.15) is 5.00 Å². The van der Waals surface area contributed by atoms with Gasteiger partial charge in [0.15, 0.2) is 10.8 Å². The number of esters is 1. The largest absolute Gasteiger partial charge is 0.462 e. The van der Waals surface area contributed by atoms with Crippen molar-refractivity contribution in [1.29, 1.82) is 0 Å². The van der Waals surface area contributed by atoms with Gasteiger partial charge >= 0.3 is 5.97 Å². The third-order valence-electron chi connectivity index (χ3n) is 4.70. The molecule has 0 fully saturated rings. The molecule has 1 unspecified atom stereocenters. The van der Waals surface area contributed by atoms with E-state index in [1.807, 2.05) is 6.92 Å². The summed E-state index contributed by atoms with van der Waals surface area (Å²) in [6.07, 6.45) is 4.53. The molecule has 0 spiro atoms. The zero-order valence-corrected chi connectivity index (χ0v) is 19.7. The molecule has 0 saturated heterocycles. The number of anilines is 1. The van der Waals surface area contributed by atoms with E-state index in [-0.39, 0.29) is 16.8 Å². The smallest absolute Gasteiger partial charge is 0.341 e. The summed E-state index contributed by atoms with van der Waals surface area (Å²) in [6.45, 7) is 6.87. The summed E-state index contributed by atoms with van der Waals surface area (Å²) >= 11 is 10.2. The molecule has 156 valence electrons. The summed E-state index contributed by atoms with van der Waals surface area (Å²) in [5.74, 6) is -0.212. The van der Waals surface area contributed by atoms with Crippen molar-refractivity contribution in [2.75, 3.05) is 11.9 Å². The number of hydrogen-bond acceptors (Lipinski definition) is 6. The van der Waals surface area contributed by atoms with E-state index < -0.39 is 5.91 Å². The summed E-state index contributed by atoms with van der Waals surface area (Å²) in [5, 5.41) is 10.6. The average Bonchev–Trinajstić information content (AvgIpc) is 3.21. The molecule has 2 aromatic rings. The van der Waals surface area contributed by atoms with Crippen molar-refractivity contribution < 1.29 is 14.3 Å². The van der Waals surface area contributed by atoms with Gasteiger partial charge < -0.3 is 10.1 Å². The van der Waals surface area contributed by atoms with Crippen molar-refractivity contribution in [2.45, 2.75) is 46.6 Å². The van der Waals surface area contributed by atoms with E-state index in [1.165, 1.54) is 16.2 Å². The molecule has 1 aliphatic carbocycles. The molecule has 2 heterocycles. The van der Waals surface area contributed by atoms with Crippen LogP contribution < -0.4 is 10.6 Å². The Bertz CT molecular complexity index is 954. The number of ether oxygens (including phenoxy) is 1. The molecule has 0 aromatic carbocycles. The number of fused-ring (bicyclic) bond motifs is 1. The Labute approximate surface area is 187 Å². The first-order valence-corrected chi connectivity index (χ1v) is 11.5. The standard InChI is InChI=1S/C19H23BrN4O3S2/c1-4-24-9-12(20)15(23-24)16(25)21-19(28)22-17-14(18(26)27-5-2)11-7-6-10(3)8-13(11)29-17/h9-10H,4-8H2,1-3H3,(H2,21,22,25,28). The molecule has 0 bridgehead atoms. The van der Waals surface area contributed by atoms with Crippen molar-refractivity contribution in [3.05, 3.63) is 32.4 Å². The third kappa shape index (κ3) is 4.87. The van der Waals surface area contributed by atoms with Crippen LogP contribution in [0.5, 0.6) is 0 Å². The molecule has 2 aromatic heterocycles. The van der Waals surface area contributed by atoms with Crippen LogP contribution >= 0.6 is 39.5 Å². The van der Waals surface area contributed by atoms with Gasteiger partial charge in [0.25, 0.3) is 5.91 Å². The second kappa shape index (κ2) is 9.36. The van der Waals surface area contributed by atoms with Crippen LogP contribution in [0.25, 0.3) is 0 Å². The fraction of sp³-hybridized carbons (Fsp3) is 0.474. The maximum atomic E-state index is 12.6. The Hall–Kier alpha value is -1.78. The molecule has 0 saturated carbocycles. The Morgan fingerprint density at radius 2 is 2.21 bits per heavy atom. The Balaban J connectivity index is 1.79. The van der Waals surface area contributed by atoms with Crippen LogP contribution in [0.1, 0.15) is 58.5 Å². The number of nitrogens with one attached hydrogen (secondary N) is 2. The van der Waals surface area contributed by atoms with Gasteiger partial charge in [0.05, 0.1) is 16.6 Å². The number of hydrogen-bond donors (Lipinski definition) is 2. The maximum absolute atomic E-state index is 12.6. The highest BCUT2D eigenvalue weighted by Gasteiger charge is 2.29. The van der Waals surface area contributed by atoms with E-state index in [1.54, 1.807) is 17.8 Å². The molecule has 1 atom stereocenters. The second-order valence-corrected chi connectivity index (χ2v) is 9.23. The van der Waals surface area contributed by atoms with Gasteiger partial charge in [-0.05, 0) is 72.7 Å². The molecule has 29 heavy (non-hydrogen) atoms. The van der Waals surface area contributed by atoms with Gasteiger partial charge in [0, 0.05) is 17.6 Å². The fourth-order valence-corrected chi connectivity index (χ4v) is 5.43. The first-order chi connectivity index (χ1) is 13.8. The van der Waals surface area contributed by atoms with Gasteiger partial charge in [0.2, 0.25) is 0 Å². The predicted molar refractivity (Wildman–Crippen MR) is 121 cm³/mol. The number of halogens is 1. The Kier molecular flexibility index (Phi) is 7.07. The zero-order chi connectivity index (χ0) is 21.1. The topological polar surface area (TPSA) is 85.2 Å². The number of thiophene rings is 1. The SMILES string of the molecule is CCOC(=O)c1c(NC(=S)NC(=O)c2nn(CC)cc2Br)sc2c1CCC(C)C2. The van der Waals surface area contributed by atoms with Crippen LogP contribution in [-0.2, 0) is 24.1 Å². The highest BCUT2D eigenvalue weighted by atomic mass is 79.9. The molecule has 1 aliphatic rings. The molecular weight excluding hydrogens is 476 g/mol. The van der Waals surface area contributed by atoms with E-state index in [0.29, 0.717) is 34.1 Å². The van der Waals surface area contributed by atoms with Crippen LogP contribution in [0.3, 0.4) is 0 Å². The molecule has 0 radical (unpaired) electrons. The lowest BCUT2D eigenvalue weighted by atomic mass is 9.88. The average molecular weight is 499 g/mol. The number of carbonyl (C=O) groups is 2. The fourth-order valence-electron chi connectivity index (χ4n) is 3.27. The highest BCUT2D eigenvalue weighted by Crippen LogP contribution is 2.40.